The Kier molecular flexibility index (Phi) is 7.60. The number of fused-ring (bicyclic) bond motifs is 2. The van der Waals surface area contributed by atoms with Crippen LogP contribution in [-0.2, 0) is 19.3 Å². The van der Waals surface area contributed by atoms with Crippen LogP contribution in [0.5, 0.6) is 5.75 Å². The van der Waals surface area contributed by atoms with Gasteiger partial charge in [0, 0.05) is 36.6 Å². The van der Waals surface area contributed by atoms with Gasteiger partial charge in [0.1, 0.15) is 18.2 Å². The number of rotatable bonds is 8. The zero-order valence-electron chi connectivity index (χ0n) is 26.7. The number of aromatic nitrogens is 3. The van der Waals surface area contributed by atoms with Gasteiger partial charge in [-0.05, 0) is 107 Å². The molecule has 47 heavy (non-hydrogen) atoms. The van der Waals surface area contributed by atoms with E-state index < -0.39 is 6.10 Å². The van der Waals surface area contributed by atoms with Crippen molar-refractivity contribution in [2.45, 2.75) is 63.5 Å². The Balaban J connectivity index is 0.982. The molecule has 2 aromatic heterocycles. The number of H-pyrrole nitrogens is 2. The minimum absolute atomic E-state index is 0.108. The van der Waals surface area contributed by atoms with Crippen LogP contribution in [0.15, 0.2) is 41.3 Å². The van der Waals surface area contributed by atoms with Gasteiger partial charge < -0.3 is 29.6 Å². The number of aromatic amines is 2. The van der Waals surface area contributed by atoms with Gasteiger partial charge in [-0.15, -0.1) is 0 Å². The highest BCUT2D eigenvalue weighted by Crippen LogP contribution is 2.40. The van der Waals surface area contributed by atoms with Crippen molar-refractivity contribution in [2.24, 2.45) is 0 Å². The number of aliphatic hydroxyl groups is 1. The second kappa shape index (κ2) is 12.0. The zero-order chi connectivity index (χ0) is 32.2. The fraction of sp³-hybridized carbons (Fsp3) is 0.444. The normalized spacial score (nSPS) is 18.9. The van der Waals surface area contributed by atoms with E-state index in [0.29, 0.717) is 46.4 Å². The monoisotopic (exact) mass is 636 g/mol. The summed E-state index contributed by atoms with van der Waals surface area (Å²) in [6.45, 7) is 4.03. The fourth-order valence-corrected chi connectivity index (χ4v) is 7.93. The van der Waals surface area contributed by atoms with Crippen molar-refractivity contribution in [1.29, 1.82) is 0 Å². The summed E-state index contributed by atoms with van der Waals surface area (Å²) in [6, 6.07) is 9.27. The van der Waals surface area contributed by atoms with Crippen LogP contribution in [0, 0.1) is 0 Å². The zero-order valence-corrected chi connectivity index (χ0v) is 26.7. The number of aliphatic hydroxyl groups excluding tert-OH is 1. The maximum absolute atomic E-state index is 13.4. The maximum Gasteiger partial charge on any atom is 0.261 e. The van der Waals surface area contributed by atoms with Crippen molar-refractivity contribution in [3.8, 4) is 17.1 Å². The molecule has 0 spiro atoms. The molecule has 1 fully saturated rings. The van der Waals surface area contributed by atoms with Crippen LogP contribution in [0.2, 0.25) is 0 Å². The maximum atomic E-state index is 13.4. The van der Waals surface area contributed by atoms with E-state index in [4.69, 9.17) is 9.72 Å². The van der Waals surface area contributed by atoms with E-state index in [1.54, 1.807) is 18.3 Å². The third-order valence-electron chi connectivity index (χ3n) is 10.4. The summed E-state index contributed by atoms with van der Waals surface area (Å²) in [4.78, 5) is 56.7. The first kappa shape index (κ1) is 29.9. The number of carbonyl (C=O) groups excluding carboxylic acids is 2. The average Bonchev–Trinajstić information content (AvgIpc) is 3.60. The number of nitrogens with one attached hydrogen (secondary N) is 2. The summed E-state index contributed by atoms with van der Waals surface area (Å²) in [7, 11) is 2.05. The number of likely N-dealkylation sites (tertiary alicyclic amines) is 1. The number of carbonyl (C=O) groups is 2. The predicted octanol–water partition coefficient (Wildman–Crippen LogP) is 3.68. The van der Waals surface area contributed by atoms with Crippen LogP contribution in [-0.4, -0.2) is 93.7 Å². The first-order valence-corrected chi connectivity index (χ1v) is 16.9. The standard InChI is InChI=1S/C36H40N6O5/c1-40-16-11-23(12-17-40)42-35(45)26-18-28-29(19-27(26)36(42)46)39-33(38-28)31-21(10-13-37-34(31)44)6-8-24(43)20-47-30-9-7-22-4-2-14-41-15-3-5-25(30)32(22)41/h7,9-10,13,18-19,23-24,43H,2-6,8,11-12,14-17,20H2,1H3,(H,37,44)(H,38,39). The number of piperidine rings is 1. The third-order valence-corrected chi connectivity index (χ3v) is 10.4. The largest absolute Gasteiger partial charge is 0.491 e. The number of hydrogen-bond acceptors (Lipinski definition) is 8. The minimum atomic E-state index is -0.728. The molecule has 4 aliphatic heterocycles. The van der Waals surface area contributed by atoms with E-state index in [2.05, 4.69) is 31.9 Å². The Labute approximate surface area is 272 Å². The van der Waals surface area contributed by atoms with Crippen molar-refractivity contribution in [3.05, 3.63) is 74.7 Å². The van der Waals surface area contributed by atoms with E-state index in [-0.39, 0.29) is 30.0 Å². The molecular formula is C36H40N6O5. The number of amides is 2. The van der Waals surface area contributed by atoms with Crippen LogP contribution in [0.4, 0.5) is 5.69 Å². The topological polar surface area (TPSA) is 135 Å². The van der Waals surface area contributed by atoms with Crippen molar-refractivity contribution in [2.75, 3.05) is 44.7 Å². The summed E-state index contributed by atoms with van der Waals surface area (Å²) >= 11 is 0. The number of nitrogens with zero attached hydrogens (tertiary/aromatic N) is 4. The summed E-state index contributed by atoms with van der Waals surface area (Å²) in [5.74, 6) is 0.657. The first-order chi connectivity index (χ1) is 22.9. The molecule has 0 aliphatic carbocycles. The SMILES string of the molecule is CN1CCC(N2C(=O)c3cc4nc(-c5c(CCC(O)COc6ccc7c8c6CCCN8CCC7)cc[nH]c5=O)[nH]c4cc3C2=O)CC1. The first-order valence-electron chi connectivity index (χ1n) is 16.9. The molecule has 1 saturated heterocycles. The average molecular weight is 637 g/mol. The van der Waals surface area contributed by atoms with Crippen LogP contribution < -0.4 is 15.2 Å². The Hall–Kier alpha value is -4.48. The van der Waals surface area contributed by atoms with Gasteiger partial charge in [-0.1, -0.05) is 6.07 Å². The number of benzene rings is 2. The molecule has 4 aliphatic rings. The molecule has 0 saturated carbocycles. The quantitative estimate of drug-likeness (QED) is 0.250. The lowest BCUT2D eigenvalue weighted by atomic mass is 9.91. The van der Waals surface area contributed by atoms with E-state index in [0.717, 1.165) is 69.6 Å². The van der Waals surface area contributed by atoms with E-state index in [1.807, 2.05) is 13.1 Å². The van der Waals surface area contributed by atoms with Gasteiger partial charge in [0.25, 0.3) is 17.4 Å². The molecule has 3 N–H and O–H groups in total. The highest BCUT2D eigenvalue weighted by Gasteiger charge is 2.41. The van der Waals surface area contributed by atoms with Crippen LogP contribution in [0.3, 0.4) is 0 Å². The fourth-order valence-electron chi connectivity index (χ4n) is 7.93. The Morgan fingerprint density at radius 3 is 2.57 bits per heavy atom. The Bertz CT molecular complexity index is 1890. The molecule has 11 heteroatoms. The van der Waals surface area contributed by atoms with Crippen molar-refractivity contribution in [1.82, 2.24) is 24.8 Å². The third kappa shape index (κ3) is 5.31. The van der Waals surface area contributed by atoms with Crippen LogP contribution >= 0.6 is 0 Å². The molecule has 4 aromatic rings. The Morgan fingerprint density at radius 1 is 1.00 bits per heavy atom. The highest BCUT2D eigenvalue weighted by molar-refractivity contribution is 6.23. The van der Waals surface area contributed by atoms with Crippen molar-refractivity contribution in [3.63, 3.8) is 0 Å². The van der Waals surface area contributed by atoms with Crippen molar-refractivity contribution >= 4 is 28.5 Å². The van der Waals surface area contributed by atoms with Gasteiger partial charge in [0.2, 0.25) is 0 Å². The lowest BCUT2D eigenvalue weighted by molar-refractivity contribution is 0.0516. The van der Waals surface area contributed by atoms with Gasteiger partial charge in [0.05, 0.1) is 33.8 Å². The predicted molar refractivity (Wildman–Crippen MR) is 178 cm³/mol. The molecule has 2 aromatic carbocycles. The second-order valence-corrected chi connectivity index (χ2v) is 13.5. The number of imide groups is 1. The number of ether oxygens (including phenoxy) is 1. The number of imidazole rings is 1. The summed E-state index contributed by atoms with van der Waals surface area (Å²) in [5, 5.41) is 10.9. The molecule has 0 bridgehead atoms. The van der Waals surface area contributed by atoms with Crippen LogP contribution in [0.1, 0.15) is 69.5 Å². The second-order valence-electron chi connectivity index (χ2n) is 13.5. The molecular weight excluding hydrogens is 596 g/mol. The van der Waals surface area contributed by atoms with Gasteiger partial charge in [-0.3, -0.25) is 19.3 Å². The molecule has 8 rings (SSSR count). The van der Waals surface area contributed by atoms with E-state index in [1.165, 1.54) is 28.1 Å². The summed E-state index contributed by atoms with van der Waals surface area (Å²) in [5.41, 5.74) is 6.60. The highest BCUT2D eigenvalue weighted by atomic mass is 16.5. The van der Waals surface area contributed by atoms with E-state index >= 15 is 0 Å². The molecule has 1 unspecified atom stereocenters. The molecule has 0 radical (unpaired) electrons. The van der Waals surface area contributed by atoms with Gasteiger partial charge in [0.15, 0.2) is 0 Å². The van der Waals surface area contributed by atoms with Crippen molar-refractivity contribution < 1.29 is 19.4 Å². The molecule has 1 atom stereocenters. The van der Waals surface area contributed by atoms with Gasteiger partial charge in [-0.25, -0.2) is 4.98 Å². The minimum Gasteiger partial charge on any atom is -0.491 e. The summed E-state index contributed by atoms with van der Waals surface area (Å²) in [6.07, 6.45) is 7.59. The summed E-state index contributed by atoms with van der Waals surface area (Å²) < 4.78 is 6.19. The number of hydrogen-bond donors (Lipinski definition) is 3. The lowest BCUT2D eigenvalue weighted by Gasteiger charge is -2.37. The molecule has 244 valence electrons. The number of aryl methyl sites for hydroxylation is 2. The molecule has 6 heterocycles. The number of anilines is 1. The molecule has 11 nitrogen and oxygen atoms in total. The lowest BCUT2D eigenvalue weighted by Crippen LogP contribution is -2.46. The molecule has 2 amide bonds. The smallest absolute Gasteiger partial charge is 0.261 e. The van der Waals surface area contributed by atoms with Crippen LogP contribution in [0.25, 0.3) is 22.4 Å². The van der Waals surface area contributed by atoms with E-state index in [9.17, 15) is 19.5 Å². The Morgan fingerprint density at radius 2 is 1.77 bits per heavy atom. The van der Waals surface area contributed by atoms with Gasteiger partial charge >= 0.3 is 0 Å². The number of pyridine rings is 1. The van der Waals surface area contributed by atoms with Gasteiger partial charge in [-0.2, -0.15) is 0 Å².